The molecule has 0 fully saturated rings. The fourth-order valence-corrected chi connectivity index (χ4v) is 1.65. The molecule has 0 spiro atoms. The Morgan fingerprint density at radius 1 is 0.667 bits per heavy atom. The minimum absolute atomic E-state index is 0.0358. The lowest BCUT2D eigenvalue weighted by Crippen LogP contribution is -1.79. The Balaban J connectivity index is 2.36. The number of hydrogen-bond donors (Lipinski definition) is 3. The van der Waals surface area contributed by atoms with Gasteiger partial charge in [-0.3, -0.25) is 0 Å². The Morgan fingerprint density at radius 2 is 1.11 bits per heavy atom. The van der Waals surface area contributed by atoms with E-state index < -0.39 is 0 Å². The van der Waals surface area contributed by atoms with Crippen molar-refractivity contribution in [3.63, 3.8) is 0 Å². The number of phenols is 3. The molecule has 0 aliphatic heterocycles. The molecule has 2 aromatic carbocycles. The van der Waals surface area contributed by atoms with Crippen molar-refractivity contribution in [2.75, 3.05) is 0 Å². The van der Waals surface area contributed by atoms with Gasteiger partial charge in [-0.25, -0.2) is 0 Å². The molecule has 18 heavy (non-hydrogen) atoms. The molecule has 2 aromatic rings. The summed E-state index contributed by atoms with van der Waals surface area (Å²) in [5, 5.41) is 28.1. The highest BCUT2D eigenvalue weighted by molar-refractivity contribution is 5.50. The molecule has 0 aromatic heterocycles. The predicted octanol–water partition coefficient (Wildman–Crippen LogP) is 2.51. The van der Waals surface area contributed by atoms with Crippen LogP contribution in [0.3, 0.4) is 0 Å². The normalized spacial score (nSPS) is 9.61. The zero-order valence-electron chi connectivity index (χ0n) is 9.81. The maximum absolute atomic E-state index is 9.43. The van der Waals surface area contributed by atoms with Crippen molar-refractivity contribution in [3.05, 3.63) is 53.1 Å². The highest BCUT2D eigenvalue weighted by atomic mass is 16.3. The van der Waals surface area contributed by atoms with E-state index in [9.17, 15) is 15.3 Å². The van der Waals surface area contributed by atoms with Crippen molar-refractivity contribution >= 4 is 0 Å². The molecule has 0 aliphatic carbocycles. The van der Waals surface area contributed by atoms with Crippen LogP contribution in [0.4, 0.5) is 0 Å². The lowest BCUT2D eigenvalue weighted by atomic mass is 10.1. The van der Waals surface area contributed by atoms with Gasteiger partial charge in [-0.15, -0.1) is 0 Å². The summed E-state index contributed by atoms with van der Waals surface area (Å²) in [6, 6.07) is 9.21. The van der Waals surface area contributed by atoms with Gasteiger partial charge in [0.25, 0.3) is 0 Å². The minimum Gasteiger partial charge on any atom is -0.508 e. The summed E-state index contributed by atoms with van der Waals surface area (Å²) < 4.78 is 0. The Hall–Kier alpha value is -2.60. The van der Waals surface area contributed by atoms with Gasteiger partial charge >= 0.3 is 0 Å². The molecule has 0 aliphatic rings. The van der Waals surface area contributed by atoms with Crippen molar-refractivity contribution in [1.82, 2.24) is 0 Å². The van der Waals surface area contributed by atoms with E-state index in [1.54, 1.807) is 12.1 Å². The number of rotatable bonds is 0. The number of phenolic OH excluding ortho intramolecular Hbond substituents is 3. The summed E-state index contributed by atoms with van der Waals surface area (Å²) in [6.45, 7) is 1.87. The molecule has 0 radical (unpaired) electrons. The fourth-order valence-electron chi connectivity index (χ4n) is 1.65. The van der Waals surface area contributed by atoms with Crippen LogP contribution >= 0.6 is 0 Å². The third-order valence-electron chi connectivity index (χ3n) is 2.32. The third kappa shape index (κ3) is 2.96. The molecule has 3 heteroatoms. The van der Waals surface area contributed by atoms with Gasteiger partial charge in [0.15, 0.2) is 0 Å². The second-order valence-electron chi connectivity index (χ2n) is 4.05. The molecule has 0 atom stereocenters. The molecule has 90 valence electrons. The van der Waals surface area contributed by atoms with Crippen molar-refractivity contribution in [1.29, 1.82) is 0 Å². The average molecular weight is 240 g/mol. The van der Waals surface area contributed by atoms with Crippen molar-refractivity contribution in [2.45, 2.75) is 6.92 Å². The summed E-state index contributed by atoms with van der Waals surface area (Å²) in [5.41, 5.74) is 2.10. The second-order valence-corrected chi connectivity index (χ2v) is 4.05. The number of aromatic hydroxyl groups is 3. The van der Waals surface area contributed by atoms with E-state index in [0.717, 1.165) is 5.56 Å². The Bertz CT molecular complexity index is 553. The van der Waals surface area contributed by atoms with Crippen LogP contribution in [0.2, 0.25) is 0 Å². The lowest BCUT2D eigenvalue weighted by Gasteiger charge is -1.97. The van der Waals surface area contributed by atoms with Gasteiger partial charge in [0.1, 0.15) is 17.2 Å². The molecule has 3 nitrogen and oxygen atoms in total. The zero-order chi connectivity index (χ0) is 13.1. The maximum atomic E-state index is 9.43. The third-order valence-corrected chi connectivity index (χ3v) is 2.32. The van der Waals surface area contributed by atoms with Crippen LogP contribution in [0.1, 0.15) is 16.7 Å². The van der Waals surface area contributed by atoms with E-state index in [0.29, 0.717) is 11.1 Å². The largest absolute Gasteiger partial charge is 0.508 e. The quantitative estimate of drug-likeness (QED) is 0.620. The number of hydrogen-bond acceptors (Lipinski definition) is 3. The monoisotopic (exact) mass is 240 g/mol. The fraction of sp³-hybridized carbons (Fsp3) is 0.0667. The summed E-state index contributed by atoms with van der Waals surface area (Å²) in [6.07, 6.45) is 0. The molecule has 3 N–H and O–H groups in total. The van der Waals surface area contributed by atoms with Gasteiger partial charge in [0.05, 0.1) is 0 Å². The molecular weight excluding hydrogens is 228 g/mol. The Labute approximate surface area is 105 Å². The topological polar surface area (TPSA) is 60.7 Å². The highest BCUT2D eigenvalue weighted by Crippen LogP contribution is 2.20. The first kappa shape index (κ1) is 11.9. The van der Waals surface area contributed by atoms with Crippen molar-refractivity contribution in [3.8, 4) is 29.1 Å². The Morgan fingerprint density at radius 3 is 1.61 bits per heavy atom. The Kier molecular flexibility index (Phi) is 3.11. The standard InChI is InChI=1S/C15H12O3/c1-10-4-11(6-13(16)5-10)2-3-12-7-14(17)9-15(18)8-12/h4-9,16-18H,1H3. The minimum atomic E-state index is -0.0358. The lowest BCUT2D eigenvalue weighted by molar-refractivity contribution is 0.450. The van der Waals surface area contributed by atoms with Crippen LogP contribution in [0.5, 0.6) is 17.2 Å². The van der Waals surface area contributed by atoms with E-state index in [1.807, 2.05) is 13.0 Å². The van der Waals surface area contributed by atoms with Crippen LogP contribution in [0, 0.1) is 18.8 Å². The first-order valence-electron chi connectivity index (χ1n) is 5.38. The summed E-state index contributed by atoms with van der Waals surface area (Å²) in [5.74, 6) is 5.77. The predicted molar refractivity (Wildman–Crippen MR) is 68.6 cm³/mol. The maximum Gasteiger partial charge on any atom is 0.120 e. The van der Waals surface area contributed by atoms with Crippen LogP contribution in [-0.2, 0) is 0 Å². The van der Waals surface area contributed by atoms with Gasteiger partial charge in [0.2, 0.25) is 0 Å². The van der Waals surface area contributed by atoms with E-state index in [4.69, 9.17) is 0 Å². The molecular formula is C15H12O3. The van der Waals surface area contributed by atoms with Crippen LogP contribution in [0.15, 0.2) is 36.4 Å². The first-order chi connectivity index (χ1) is 8.52. The van der Waals surface area contributed by atoms with Crippen molar-refractivity contribution in [2.24, 2.45) is 0 Å². The second kappa shape index (κ2) is 4.72. The smallest absolute Gasteiger partial charge is 0.120 e. The van der Waals surface area contributed by atoms with Crippen LogP contribution < -0.4 is 0 Å². The van der Waals surface area contributed by atoms with E-state index in [2.05, 4.69) is 11.8 Å². The van der Waals surface area contributed by atoms with Crippen LogP contribution in [0.25, 0.3) is 0 Å². The molecule has 0 saturated heterocycles. The van der Waals surface area contributed by atoms with Crippen molar-refractivity contribution < 1.29 is 15.3 Å². The van der Waals surface area contributed by atoms with Gasteiger partial charge in [-0.1, -0.05) is 11.8 Å². The summed E-state index contributed by atoms with van der Waals surface area (Å²) in [4.78, 5) is 0. The molecule has 0 saturated carbocycles. The van der Waals surface area contributed by atoms with Crippen LogP contribution in [-0.4, -0.2) is 15.3 Å². The summed E-state index contributed by atoms with van der Waals surface area (Å²) >= 11 is 0. The van der Waals surface area contributed by atoms with E-state index in [1.165, 1.54) is 18.2 Å². The van der Waals surface area contributed by atoms with Gasteiger partial charge in [0, 0.05) is 17.2 Å². The number of benzene rings is 2. The van der Waals surface area contributed by atoms with E-state index in [-0.39, 0.29) is 17.2 Å². The van der Waals surface area contributed by atoms with E-state index >= 15 is 0 Å². The van der Waals surface area contributed by atoms with Gasteiger partial charge in [-0.05, 0) is 42.8 Å². The zero-order valence-corrected chi connectivity index (χ0v) is 9.81. The highest BCUT2D eigenvalue weighted by Gasteiger charge is 1.97. The average Bonchev–Trinajstić information content (AvgIpc) is 2.23. The number of aryl methyl sites for hydroxylation is 1. The molecule has 0 heterocycles. The molecule has 0 bridgehead atoms. The SMILES string of the molecule is Cc1cc(O)cc(C#Cc2cc(O)cc(O)c2)c1. The van der Waals surface area contributed by atoms with Gasteiger partial charge < -0.3 is 15.3 Å². The molecule has 2 rings (SSSR count). The molecule has 0 amide bonds. The first-order valence-corrected chi connectivity index (χ1v) is 5.38. The molecule has 0 unspecified atom stereocenters. The van der Waals surface area contributed by atoms with Gasteiger partial charge in [-0.2, -0.15) is 0 Å². The summed E-state index contributed by atoms with van der Waals surface area (Å²) in [7, 11) is 0.